The van der Waals surface area contributed by atoms with Crippen LogP contribution in [0.2, 0.25) is 0 Å². The number of amides is 1. The fraction of sp³-hybridized carbons (Fsp3) is 0. The lowest BCUT2D eigenvalue weighted by Gasteiger charge is -1.98. The molecule has 0 unspecified atom stereocenters. The molecule has 3 aromatic rings. The molecule has 1 aromatic heterocycles. The van der Waals surface area contributed by atoms with Crippen LogP contribution in [-0.4, -0.2) is 10.9 Å². The van der Waals surface area contributed by atoms with E-state index in [-0.39, 0.29) is 5.91 Å². The van der Waals surface area contributed by atoms with E-state index in [2.05, 4.69) is 10.3 Å². The Labute approximate surface area is 138 Å². The summed E-state index contributed by atoms with van der Waals surface area (Å²) >= 11 is 1.39. The van der Waals surface area contributed by atoms with Crippen LogP contribution in [0.1, 0.15) is 5.56 Å². The van der Waals surface area contributed by atoms with Gasteiger partial charge in [-0.25, -0.2) is 4.98 Å². The summed E-state index contributed by atoms with van der Waals surface area (Å²) in [6.07, 6.45) is 3.27. The molecule has 23 heavy (non-hydrogen) atoms. The van der Waals surface area contributed by atoms with Crippen LogP contribution in [0.3, 0.4) is 0 Å². The number of hydrogen-bond donors (Lipinski definition) is 2. The third-order valence-electron chi connectivity index (χ3n) is 3.17. The third-order valence-corrected chi connectivity index (χ3v) is 3.93. The Morgan fingerprint density at radius 1 is 1.09 bits per heavy atom. The van der Waals surface area contributed by atoms with Crippen molar-refractivity contribution in [3.63, 3.8) is 0 Å². The van der Waals surface area contributed by atoms with Gasteiger partial charge in [0.2, 0.25) is 5.91 Å². The van der Waals surface area contributed by atoms with Gasteiger partial charge in [-0.2, -0.15) is 0 Å². The molecule has 0 fully saturated rings. The highest BCUT2D eigenvalue weighted by atomic mass is 32.1. The molecule has 0 atom stereocenters. The minimum absolute atomic E-state index is 0.202. The van der Waals surface area contributed by atoms with Gasteiger partial charge >= 0.3 is 0 Å². The molecule has 1 amide bonds. The zero-order valence-corrected chi connectivity index (χ0v) is 13.1. The highest BCUT2D eigenvalue weighted by Gasteiger charge is 2.06. The summed E-state index contributed by atoms with van der Waals surface area (Å²) in [7, 11) is 0. The summed E-state index contributed by atoms with van der Waals surface area (Å²) in [6.45, 7) is 0. The molecule has 5 heteroatoms. The standard InChI is InChI=1S/C18H15N3OS/c19-15-9-7-14(8-10-15)16-12-23-18(20-16)21-17(22)11-6-13-4-2-1-3-5-13/h1-12H,19H2,(H,20,21,22)/b11-6+. The average Bonchev–Trinajstić information content (AvgIpc) is 3.03. The first kappa shape index (κ1) is 15.0. The molecule has 0 saturated carbocycles. The van der Waals surface area contributed by atoms with Crippen molar-refractivity contribution < 1.29 is 4.79 Å². The maximum absolute atomic E-state index is 11.9. The number of nitrogens with two attached hydrogens (primary N) is 1. The number of aromatic nitrogens is 1. The molecular weight excluding hydrogens is 306 g/mol. The highest BCUT2D eigenvalue weighted by Crippen LogP contribution is 2.25. The molecule has 0 aliphatic heterocycles. The summed E-state index contributed by atoms with van der Waals surface area (Å²) in [5, 5.41) is 5.24. The smallest absolute Gasteiger partial charge is 0.250 e. The number of rotatable bonds is 4. The zero-order chi connectivity index (χ0) is 16.1. The van der Waals surface area contributed by atoms with Gasteiger partial charge in [0.15, 0.2) is 5.13 Å². The van der Waals surface area contributed by atoms with Crippen LogP contribution in [0, 0.1) is 0 Å². The topological polar surface area (TPSA) is 68.0 Å². The van der Waals surface area contributed by atoms with Crippen LogP contribution < -0.4 is 11.1 Å². The van der Waals surface area contributed by atoms with Crippen LogP contribution in [-0.2, 0) is 4.79 Å². The largest absolute Gasteiger partial charge is 0.399 e. The van der Waals surface area contributed by atoms with Crippen molar-refractivity contribution in [3.05, 3.63) is 71.6 Å². The first-order valence-corrected chi connectivity index (χ1v) is 7.94. The van der Waals surface area contributed by atoms with Gasteiger partial charge in [0.1, 0.15) is 0 Å². The number of anilines is 2. The van der Waals surface area contributed by atoms with Crippen LogP contribution in [0.4, 0.5) is 10.8 Å². The zero-order valence-electron chi connectivity index (χ0n) is 12.3. The molecule has 0 bridgehead atoms. The second-order valence-corrected chi connectivity index (χ2v) is 5.75. The van der Waals surface area contributed by atoms with E-state index in [1.165, 1.54) is 17.4 Å². The molecule has 3 rings (SSSR count). The third kappa shape index (κ3) is 4.05. The van der Waals surface area contributed by atoms with Crippen molar-refractivity contribution in [2.45, 2.75) is 0 Å². The van der Waals surface area contributed by atoms with Gasteiger partial charge < -0.3 is 5.73 Å². The van der Waals surface area contributed by atoms with Crippen molar-refractivity contribution in [2.75, 3.05) is 11.1 Å². The Morgan fingerprint density at radius 3 is 2.57 bits per heavy atom. The van der Waals surface area contributed by atoms with E-state index in [0.29, 0.717) is 10.8 Å². The van der Waals surface area contributed by atoms with Crippen molar-refractivity contribution in [1.29, 1.82) is 0 Å². The number of nitrogens with one attached hydrogen (secondary N) is 1. The molecule has 0 radical (unpaired) electrons. The minimum atomic E-state index is -0.202. The molecule has 0 aliphatic rings. The van der Waals surface area contributed by atoms with Crippen molar-refractivity contribution in [3.8, 4) is 11.3 Å². The predicted molar refractivity (Wildman–Crippen MR) is 96.1 cm³/mol. The molecule has 0 saturated heterocycles. The highest BCUT2D eigenvalue weighted by molar-refractivity contribution is 7.14. The number of carbonyl (C=O) groups is 1. The van der Waals surface area contributed by atoms with E-state index in [1.54, 1.807) is 6.08 Å². The molecule has 2 aromatic carbocycles. The van der Waals surface area contributed by atoms with Crippen molar-refractivity contribution >= 4 is 34.1 Å². The van der Waals surface area contributed by atoms with E-state index in [9.17, 15) is 4.79 Å². The SMILES string of the molecule is Nc1ccc(-c2csc(NC(=O)/C=C/c3ccccc3)n2)cc1. The second kappa shape index (κ2) is 6.89. The van der Waals surface area contributed by atoms with E-state index >= 15 is 0 Å². The van der Waals surface area contributed by atoms with Crippen molar-refractivity contribution in [1.82, 2.24) is 4.98 Å². The number of carbonyl (C=O) groups excluding carboxylic acids is 1. The molecule has 1 heterocycles. The fourth-order valence-corrected chi connectivity index (χ4v) is 2.72. The van der Waals surface area contributed by atoms with Crippen LogP contribution in [0.5, 0.6) is 0 Å². The Balaban J connectivity index is 1.66. The average molecular weight is 321 g/mol. The lowest BCUT2D eigenvalue weighted by molar-refractivity contribution is -0.111. The van der Waals surface area contributed by atoms with Gasteiger partial charge in [-0.1, -0.05) is 42.5 Å². The Morgan fingerprint density at radius 2 is 1.83 bits per heavy atom. The second-order valence-electron chi connectivity index (χ2n) is 4.89. The molecule has 114 valence electrons. The summed E-state index contributed by atoms with van der Waals surface area (Å²) in [5.41, 5.74) is 9.15. The summed E-state index contributed by atoms with van der Waals surface area (Å²) < 4.78 is 0. The maximum Gasteiger partial charge on any atom is 0.250 e. The Kier molecular flexibility index (Phi) is 4.49. The van der Waals surface area contributed by atoms with Crippen LogP contribution >= 0.6 is 11.3 Å². The number of thiazole rings is 1. The predicted octanol–water partition coefficient (Wildman–Crippen LogP) is 4.04. The van der Waals surface area contributed by atoms with Gasteiger partial charge in [-0.3, -0.25) is 10.1 Å². The number of benzene rings is 2. The monoisotopic (exact) mass is 321 g/mol. The normalized spacial score (nSPS) is 10.8. The first-order valence-electron chi connectivity index (χ1n) is 7.06. The van der Waals surface area contributed by atoms with Gasteiger partial charge in [-0.05, 0) is 23.8 Å². The number of hydrogen-bond acceptors (Lipinski definition) is 4. The quantitative estimate of drug-likeness (QED) is 0.563. The van der Waals surface area contributed by atoms with Gasteiger partial charge in [0, 0.05) is 22.7 Å². The van der Waals surface area contributed by atoms with Gasteiger partial charge in [0.05, 0.1) is 5.69 Å². The van der Waals surface area contributed by atoms with E-state index in [1.807, 2.05) is 60.0 Å². The van der Waals surface area contributed by atoms with Crippen LogP contribution in [0.15, 0.2) is 66.1 Å². The summed E-state index contributed by atoms with van der Waals surface area (Å²) in [5.74, 6) is -0.202. The molecule has 3 N–H and O–H groups in total. The molecule has 0 spiro atoms. The van der Waals surface area contributed by atoms with Crippen molar-refractivity contribution in [2.24, 2.45) is 0 Å². The van der Waals surface area contributed by atoms with Gasteiger partial charge in [-0.15, -0.1) is 11.3 Å². The van der Waals surface area contributed by atoms with E-state index in [0.717, 1.165) is 16.8 Å². The molecular formula is C18H15N3OS. The van der Waals surface area contributed by atoms with Crippen LogP contribution in [0.25, 0.3) is 17.3 Å². The first-order chi connectivity index (χ1) is 11.2. The molecule has 0 aliphatic carbocycles. The Hall–Kier alpha value is -2.92. The summed E-state index contributed by atoms with van der Waals surface area (Å²) in [4.78, 5) is 16.3. The number of nitrogens with zero attached hydrogens (tertiary/aromatic N) is 1. The maximum atomic E-state index is 11.9. The van der Waals surface area contributed by atoms with E-state index < -0.39 is 0 Å². The van der Waals surface area contributed by atoms with E-state index in [4.69, 9.17) is 5.73 Å². The van der Waals surface area contributed by atoms with Gasteiger partial charge in [0.25, 0.3) is 0 Å². The molecule has 4 nitrogen and oxygen atoms in total. The number of nitrogen functional groups attached to an aromatic ring is 1. The Bertz CT molecular complexity index is 823. The summed E-state index contributed by atoms with van der Waals surface area (Å²) in [6, 6.07) is 17.1. The fourth-order valence-electron chi connectivity index (χ4n) is 2.00. The lowest BCUT2D eigenvalue weighted by Crippen LogP contribution is -2.07. The minimum Gasteiger partial charge on any atom is -0.399 e. The lowest BCUT2D eigenvalue weighted by atomic mass is 10.1.